The van der Waals surface area contributed by atoms with Crippen LogP contribution >= 0.6 is 0 Å². The molecule has 0 aromatic rings. The van der Waals surface area contributed by atoms with E-state index < -0.39 is 29.6 Å². The maximum Gasteiger partial charge on any atom is 0.411 e. The van der Waals surface area contributed by atoms with Crippen LogP contribution in [0.5, 0.6) is 0 Å². The van der Waals surface area contributed by atoms with Crippen LogP contribution in [0.25, 0.3) is 0 Å². The standard InChI is InChI=1S/C5H3F6NO3/c6-3(7,1(12)13)5(10,11)4(8,9)2(14)15/h(H2,12,13)(H,14,15). The lowest BCUT2D eigenvalue weighted by Crippen LogP contribution is -2.62. The zero-order valence-electron chi connectivity index (χ0n) is 6.61. The van der Waals surface area contributed by atoms with Gasteiger partial charge < -0.3 is 10.8 Å². The lowest BCUT2D eigenvalue weighted by molar-refractivity contribution is -0.292. The number of alkyl halides is 6. The van der Waals surface area contributed by atoms with E-state index >= 15 is 0 Å². The molecule has 0 bridgehead atoms. The highest BCUT2D eigenvalue weighted by Gasteiger charge is 2.77. The molecule has 0 aliphatic rings. The van der Waals surface area contributed by atoms with Crippen LogP contribution in [0.1, 0.15) is 0 Å². The second-order valence-electron chi connectivity index (χ2n) is 2.39. The van der Waals surface area contributed by atoms with Gasteiger partial charge in [-0.25, -0.2) is 4.79 Å². The molecule has 0 rings (SSSR count). The van der Waals surface area contributed by atoms with E-state index in [0.29, 0.717) is 0 Å². The zero-order chi connectivity index (χ0) is 12.7. The smallest absolute Gasteiger partial charge is 0.411 e. The quantitative estimate of drug-likeness (QED) is 0.699. The molecule has 0 spiro atoms. The Hall–Kier alpha value is -1.48. The van der Waals surface area contributed by atoms with E-state index in [1.54, 1.807) is 0 Å². The first-order valence-electron chi connectivity index (χ1n) is 3.05. The molecule has 0 fully saturated rings. The molecule has 88 valence electrons. The Morgan fingerprint density at radius 3 is 1.47 bits per heavy atom. The maximum absolute atomic E-state index is 12.3. The topological polar surface area (TPSA) is 80.4 Å². The number of halogens is 6. The van der Waals surface area contributed by atoms with Gasteiger partial charge in [-0.05, 0) is 0 Å². The van der Waals surface area contributed by atoms with E-state index in [1.807, 2.05) is 0 Å². The van der Waals surface area contributed by atoms with Crippen molar-refractivity contribution >= 4 is 11.9 Å². The molecule has 0 radical (unpaired) electrons. The molecule has 0 aromatic carbocycles. The molecule has 1 amide bonds. The Morgan fingerprint density at radius 2 is 1.27 bits per heavy atom. The van der Waals surface area contributed by atoms with Crippen molar-refractivity contribution in [1.82, 2.24) is 0 Å². The van der Waals surface area contributed by atoms with Gasteiger partial charge >= 0.3 is 23.7 Å². The molecule has 0 aromatic heterocycles. The second kappa shape index (κ2) is 3.28. The van der Waals surface area contributed by atoms with E-state index in [2.05, 4.69) is 5.73 Å². The summed E-state index contributed by atoms with van der Waals surface area (Å²) < 4.78 is 73.3. The van der Waals surface area contributed by atoms with Gasteiger partial charge in [0.15, 0.2) is 0 Å². The fourth-order valence-corrected chi connectivity index (χ4v) is 0.486. The first-order chi connectivity index (χ1) is 6.39. The average molecular weight is 239 g/mol. The minimum atomic E-state index is -6.41. The molecule has 0 aliphatic carbocycles. The first kappa shape index (κ1) is 13.5. The molecule has 0 heterocycles. The summed E-state index contributed by atoms with van der Waals surface area (Å²) in [5.74, 6) is -25.0. The van der Waals surface area contributed by atoms with Crippen LogP contribution in [-0.4, -0.2) is 34.8 Å². The predicted octanol–water partition coefficient (Wildman–Crippen LogP) is 0.462. The molecule has 10 heteroatoms. The molecule has 0 unspecified atom stereocenters. The number of nitrogens with two attached hydrogens (primary N) is 1. The van der Waals surface area contributed by atoms with Gasteiger partial charge in [0.2, 0.25) is 0 Å². The summed E-state index contributed by atoms with van der Waals surface area (Å²) in [5.41, 5.74) is 3.76. The number of amides is 1. The van der Waals surface area contributed by atoms with E-state index in [0.717, 1.165) is 0 Å². The van der Waals surface area contributed by atoms with Crippen LogP contribution in [0.3, 0.4) is 0 Å². The van der Waals surface area contributed by atoms with Crippen LogP contribution in [0, 0.1) is 0 Å². The molecule has 15 heavy (non-hydrogen) atoms. The number of hydrogen-bond acceptors (Lipinski definition) is 2. The molecule has 0 aliphatic heterocycles. The Labute approximate surface area is 77.6 Å². The summed E-state index contributed by atoms with van der Waals surface area (Å²) in [7, 11) is 0. The molecule has 3 N–H and O–H groups in total. The molecular formula is C5H3F6NO3. The normalized spacial score (nSPS) is 13.7. The third-order valence-electron chi connectivity index (χ3n) is 1.37. The van der Waals surface area contributed by atoms with E-state index in [9.17, 15) is 35.9 Å². The zero-order valence-corrected chi connectivity index (χ0v) is 6.61. The van der Waals surface area contributed by atoms with Crippen molar-refractivity contribution < 1.29 is 41.0 Å². The number of rotatable bonds is 4. The number of carbonyl (C=O) groups is 2. The Balaban J connectivity index is 5.50. The fraction of sp³-hybridized carbons (Fsp3) is 0.600. The first-order valence-corrected chi connectivity index (χ1v) is 3.05. The largest absolute Gasteiger partial charge is 0.477 e. The van der Waals surface area contributed by atoms with E-state index in [4.69, 9.17) is 5.11 Å². The molecular weight excluding hydrogens is 236 g/mol. The van der Waals surface area contributed by atoms with Crippen molar-refractivity contribution in [3.8, 4) is 0 Å². The number of primary amides is 1. The van der Waals surface area contributed by atoms with Crippen molar-refractivity contribution in [1.29, 1.82) is 0 Å². The predicted molar refractivity (Wildman–Crippen MR) is 31.7 cm³/mol. The summed E-state index contributed by atoms with van der Waals surface area (Å²) in [5, 5.41) is 7.61. The lowest BCUT2D eigenvalue weighted by atomic mass is 10.0. The van der Waals surface area contributed by atoms with Crippen molar-refractivity contribution in [2.45, 2.75) is 17.8 Å². The van der Waals surface area contributed by atoms with Crippen LogP contribution in [-0.2, 0) is 9.59 Å². The van der Waals surface area contributed by atoms with Gasteiger partial charge in [0.05, 0.1) is 0 Å². The summed E-state index contributed by atoms with van der Waals surface area (Å²) in [4.78, 5) is 19.4. The van der Waals surface area contributed by atoms with E-state index in [1.165, 1.54) is 0 Å². The Bertz CT molecular complexity index is 273. The van der Waals surface area contributed by atoms with Gasteiger partial charge in [-0.2, -0.15) is 26.3 Å². The van der Waals surface area contributed by atoms with Crippen LogP contribution < -0.4 is 5.73 Å². The van der Waals surface area contributed by atoms with E-state index in [-0.39, 0.29) is 0 Å². The van der Waals surface area contributed by atoms with Gasteiger partial charge in [-0.15, -0.1) is 0 Å². The van der Waals surface area contributed by atoms with Gasteiger partial charge in [-0.3, -0.25) is 4.79 Å². The summed E-state index contributed by atoms with van der Waals surface area (Å²) in [6.07, 6.45) is 0. The average Bonchev–Trinajstić information content (AvgIpc) is 2.02. The number of carbonyl (C=O) groups excluding carboxylic acids is 1. The number of carboxylic acid groups (broad SMARTS) is 1. The maximum atomic E-state index is 12.3. The fourth-order valence-electron chi connectivity index (χ4n) is 0.486. The van der Waals surface area contributed by atoms with Crippen molar-refractivity contribution in [3.05, 3.63) is 0 Å². The third-order valence-corrected chi connectivity index (χ3v) is 1.37. The number of carboxylic acids is 1. The third kappa shape index (κ3) is 1.70. The minimum absolute atomic E-state index is 3.05. The summed E-state index contributed by atoms with van der Waals surface area (Å²) in [6, 6.07) is 0. The summed E-state index contributed by atoms with van der Waals surface area (Å²) in [6.45, 7) is 0. The second-order valence-corrected chi connectivity index (χ2v) is 2.39. The monoisotopic (exact) mass is 239 g/mol. The highest BCUT2D eigenvalue weighted by atomic mass is 19.3. The van der Waals surface area contributed by atoms with Gasteiger partial charge in [0.1, 0.15) is 0 Å². The Morgan fingerprint density at radius 1 is 0.933 bits per heavy atom. The van der Waals surface area contributed by atoms with Crippen LogP contribution in [0.4, 0.5) is 26.3 Å². The van der Waals surface area contributed by atoms with Crippen molar-refractivity contribution in [3.63, 3.8) is 0 Å². The van der Waals surface area contributed by atoms with Crippen molar-refractivity contribution in [2.75, 3.05) is 0 Å². The number of aliphatic carboxylic acids is 1. The minimum Gasteiger partial charge on any atom is -0.477 e. The highest BCUT2D eigenvalue weighted by molar-refractivity contribution is 5.86. The molecule has 0 atom stereocenters. The van der Waals surface area contributed by atoms with Crippen LogP contribution in [0.15, 0.2) is 0 Å². The molecule has 0 saturated heterocycles. The van der Waals surface area contributed by atoms with Gasteiger partial charge in [0.25, 0.3) is 5.91 Å². The van der Waals surface area contributed by atoms with Gasteiger partial charge in [0, 0.05) is 0 Å². The number of hydrogen-bond donors (Lipinski definition) is 2. The Kier molecular flexibility index (Phi) is 2.95. The van der Waals surface area contributed by atoms with Gasteiger partial charge in [-0.1, -0.05) is 0 Å². The highest BCUT2D eigenvalue weighted by Crippen LogP contribution is 2.45. The van der Waals surface area contributed by atoms with Crippen LogP contribution in [0.2, 0.25) is 0 Å². The van der Waals surface area contributed by atoms with Crippen molar-refractivity contribution in [2.24, 2.45) is 5.73 Å². The molecule has 0 saturated carbocycles. The SMILES string of the molecule is NC(=O)C(F)(F)C(F)(F)C(F)(F)C(=O)O. The molecule has 4 nitrogen and oxygen atoms in total. The lowest BCUT2D eigenvalue weighted by Gasteiger charge is -2.27. The summed E-state index contributed by atoms with van der Waals surface area (Å²) >= 11 is 0.